The number of nitrogens with zero attached hydrogens (tertiary/aromatic N) is 2. The molecule has 3 aromatic rings. The van der Waals surface area contributed by atoms with Crippen molar-refractivity contribution in [1.82, 2.24) is 10.1 Å². The maximum Gasteiger partial charge on any atom is 0.313 e. The zero-order chi connectivity index (χ0) is 20.1. The van der Waals surface area contributed by atoms with E-state index in [2.05, 4.69) is 15.5 Å². The number of hydrogen-bond donors (Lipinski definition) is 2. The van der Waals surface area contributed by atoms with Crippen LogP contribution in [-0.2, 0) is 21.4 Å². The van der Waals surface area contributed by atoms with E-state index >= 15 is 0 Å². The zero-order valence-corrected chi connectivity index (χ0v) is 16.5. The van der Waals surface area contributed by atoms with E-state index in [4.69, 9.17) is 4.52 Å². The minimum Gasteiger partial charge on any atom is -0.481 e. The van der Waals surface area contributed by atoms with Crippen molar-refractivity contribution in [2.45, 2.75) is 38.5 Å². The molecular formula is C20H21N3O4S. The lowest BCUT2D eigenvalue weighted by Crippen LogP contribution is -2.28. The molecule has 7 nitrogen and oxygen atoms in total. The summed E-state index contributed by atoms with van der Waals surface area (Å²) >= 11 is 1.54. The predicted molar refractivity (Wildman–Crippen MR) is 106 cm³/mol. The van der Waals surface area contributed by atoms with Gasteiger partial charge in [-0.2, -0.15) is 4.98 Å². The minimum atomic E-state index is -0.978. The summed E-state index contributed by atoms with van der Waals surface area (Å²) in [5.74, 6) is 0.0612. The molecule has 0 unspecified atom stereocenters. The fraction of sp³-hybridized carbons (Fsp3) is 0.300. The monoisotopic (exact) mass is 399 g/mol. The number of amides is 1. The Kier molecular flexibility index (Phi) is 5.89. The highest BCUT2D eigenvalue weighted by Gasteiger charge is 2.29. The number of carbonyl (C=O) groups is 2. The number of benzene rings is 1. The number of hydrogen-bond acceptors (Lipinski definition) is 6. The Morgan fingerprint density at radius 2 is 1.96 bits per heavy atom. The van der Waals surface area contributed by atoms with Gasteiger partial charge in [0.15, 0.2) is 0 Å². The van der Waals surface area contributed by atoms with Gasteiger partial charge < -0.3 is 14.9 Å². The van der Waals surface area contributed by atoms with E-state index in [1.165, 1.54) is 0 Å². The summed E-state index contributed by atoms with van der Waals surface area (Å²) < 4.78 is 5.22. The van der Waals surface area contributed by atoms with Gasteiger partial charge in [-0.15, -0.1) is 11.3 Å². The first-order valence-corrected chi connectivity index (χ1v) is 9.74. The average Bonchev–Trinajstić information content (AvgIpc) is 3.33. The second kappa shape index (κ2) is 8.35. The van der Waals surface area contributed by atoms with Crippen LogP contribution in [-0.4, -0.2) is 27.1 Å². The van der Waals surface area contributed by atoms with E-state index in [0.717, 1.165) is 4.88 Å². The lowest BCUT2D eigenvalue weighted by Gasteiger charge is -2.19. The lowest BCUT2D eigenvalue weighted by molar-refractivity contribution is -0.142. The van der Waals surface area contributed by atoms with Crippen LogP contribution in [0.5, 0.6) is 0 Å². The van der Waals surface area contributed by atoms with E-state index in [-0.39, 0.29) is 5.91 Å². The Labute approximate surface area is 166 Å². The highest BCUT2D eigenvalue weighted by atomic mass is 32.1. The maximum atomic E-state index is 12.1. The number of aliphatic carboxylic acids is 1. The standard InChI is InChI=1S/C20H21N3O4S/c1-20(2,19(25)26)13-8-10-14(11-9-13)21-16(24)6-3-7-17-22-18(23-27-17)15-5-4-12-28-15/h4-5,8-12H,3,6-7H2,1-2H3,(H,21,24)(H,25,26). The molecule has 0 bridgehead atoms. The summed E-state index contributed by atoms with van der Waals surface area (Å²) in [5, 5.41) is 18.0. The van der Waals surface area contributed by atoms with Crippen molar-refractivity contribution in [3.63, 3.8) is 0 Å². The van der Waals surface area contributed by atoms with Crippen molar-refractivity contribution in [1.29, 1.82) is 0 Å². The molecule has 28 heavy (non-hydrogen) atoms. The summed E-state index contributed by atoms with van der Waals surface area (Å²) in [6, 6.07) is 10.7. The lowest BCUT2D eigenvalue weighted by atomic mass is 9.85. The van der Waals surface area contributed by atoms with Gasteiger partial charge in [0.1, 0.15) is 0 Å². The van der Waals surface area contributed by atoms with Crippen molar-refractivity contribution < 1.29 is 19.2 Å². The Bertz CT molecular complexity index is 946. The van der Waals surface area contributed by atoms with Gasteiger partial charge in [-0.1, -0.05) is 23.4 Å². The Morgan fingerprint density at radius 3 is 2.61 bits per heavy atom. The number of nitrogens with one attached hydrogen (secondary N) is 1. The molecule has 0 saturated heterocycles. The molecule has 0 spiro atoms. The fourth-order valence-corrected chi connectivity index (χ4v) is 3.23. The first-order valence-electron chi connectivity index (χ1n) is 8.86. The SMILES string of the molecule is CC(C)(C(=O)O)c1ccc(NC(=O)CCCc2nc(-c3cccs3)no2)cc1. The van der Waals surface area contributed by atoms with Crippen molar-refractivity contribution >= 4 is 28.9 Å². The summed E-state index contributed by atoms with van der Waals surface area (Å²) in [6.45, 7) is 3.29. The second-order valence-corrected chi connectivity index (χ2v) is 7.85. The van der Waals surface area contributed by atoms with E-state index in [1.54, 1.807) is 49.4 Å². The Morgan fingerprint density at radius 1 is 1.21 bits per heavy atom. The number of anilines is 1. The summed E-state index contributed by atoms with van der Waals surface area (Å²) in [4.78, 5) is 28.7. The van der Waals surface area contributed by atoms with Gasteiger partial charge in [-0.25, -0.2) is 0 Å². The van der Waals surface area contributed by atoms with Gasteiger partial charge in [-0.05, 0) is 49.4 Å². The van der Waals surface area contributed by atoms with E-state index in [9.17, 15) is 14.7 Å². The molecule has 0 aliphatic rings. The van der Waals surface area contributed by atoms with Crippen molar-refractivity contribution in [3.05, 3.63) is 53.2 Å². The van der Waals surface area contributed by atoms with Crippen LogP contribution in [0.25, 0.3) is 10.7 Å². The fourth-order valence-electron chi connectivity index (χ4n) is 2.58. The van der Waals surface area contributed by atoms with Crippen LogP contribution in [0.2, 0.25) is 0 Å². The molecule has 2 N–H and O–H groups in total. The second-order valence-electron chi connectivity index (χ2n) is 6.90. The molecule has 1 aromatic carbocycles. The van der Waals surface area contributed by atoms with Gasteiger partial charge in [-0.3, -0.25) is 9.59 Å². The Hall–Kier alpha value is -3.00. The van der Waals surface area contributed by atoms with E-state index in [0.29, 0.717) is 42.2 Å². The zero-order valence-electron chi connectivity index (χ0n) is 15.6. The molecule has 1 amide bonds. The summed E-state index contributed by atoms with van der Waals surface area (Å²) in [5.41, 5.74) is 0.331. The van der Waals surface area contributed by atoms with Gasteiger partial charge in [0.25, 0.3) is 0 Å². The van der Waals surface area contributed by atoms with E-state index < -0.39 is 11.4 Å². The number of aryl methyl sites for hydroxylation is 1. The van der Waals surface area contributed by atoms with Gasteiger partial charge >= 0.3 is 5.97 Å². The van der Waals surface area contributed by atoms with Crippen LogP contribution in [0, 0.1) is 0 Å². The normalized spacial score (nSPS) is 11.4. The molecule has 2 heterocycles. The number of carboxylic acids is 1. The minimum absolute atomic E-state index is 0.122. The molecule has 0 fully saturated rings. The molecule has 2 aromatic heterocycles. The summed E-state index contributed by atoms with van der Waals surface area (Å²) in [6.07, 6.45) is 1.43. The Balaban J connectivity index is 1.48. The van der Waals surface area contributed by atoms with Crippen molar-refractivity contribution in [2.75, 3.05) is 5.32 Å². The summed E-state index contributed by atoms with van der Waals surface area (Å²) in [7, 11) is 0. The van der Waals surface area contributed by atoms with Crippen LogP contribution < -0.4 is 5.32 Å². The largest absolute Gasteiger partial charge is 0.481 e. The molecule has 3 rings (SSSR count). The molecule has 0 atom stereocenters. The molecule has 146 valence electrons. The number of carboxylic acid groups (broad SMARTS) is 1. The average molecular weight is 399 g/mol. The van der Waals surface area contributed by atoms with Crippen molar-refractivity contribution in [2.24, 2.45) is 0 Å². The van der Waals surface area contributed by atoms with Crippen LogP contribution >= 0.6 is 11.3 Å². The van der Waals surface area contributed by atoms with E-state index in [1.807, 2.05) is 17.5 Å². The number of carbonyl (C=O) groups excluding carboxylic acids is 1. The van der Waals surface area contributed by atoms with Crippen LogP contribution in [0.15, 0.2) is 46.3 Å². The predicted octanol–water partition coefficient (Wildman–Crippen LogP) is 4.12. The van der Waals surface area contributed by atoms with Gasteiger partial charge in [0, 0.05) is 18.5 Å². The number of rotatable bonds is 8. The van der Waals surface area contributed by atoms with Crippen molar-refractivity contribution in [3.8, 4) is 10.7 Å². The van der Waals surface area contributed by atoms with Gasteiger partial charge in [0.05, 0.1) is 10.3 Å². The molecular weight excluding hydrogens is 378 g/mol. The van der Waals surface area contributed by atoms with Crippen LogP contribution in [0.1, 0.15) is 38.1 Å². The van der Waals surface area contributed by atoms with Crippen LogP contribution in [0.3, 0.4) is 0 Å². The third-order valence-electron chi connectivity index (χ3n) is 4.43. The van der Waals surface area contributed by atoms with Gasteiger partial charge in [0.2, 0.25) is 17.6 Å². The quantitative estimate of drug-likeness (QED) is 0.590. The smallest absolute Gasteiger partial charge is 0.313 e. The molecule has 0 saturated carbocycles. The number of aromatic nitrogens is 2. The maximum absolute atomic E-state index is 12.1. The topological polar surface area (TPSA) is 105 Å². The molecule has 0 aliphatic carbocycles. The molecule has 0 aliphatic heterocycles. The molecule has 8 heteroatoms. The first kappa shape index (κ1) is 19.8. The highest BCUT2D eigenvalue weighted by Crippen LogP contribution is 2.25. The van der Waals surface area contributed by atoms with Crippen LogP contribution in [0.4, 0.5) is 5.69 Å². The third-order valence-corrected chi connectivity index (χ3v) is 5.29. The number of thiophene rings is 1. The third kappa shape index (κ3) is 4.64. The molecule has 0 radical (unpaired) electrons. The highest BCUT2D eigenvalue weighted by molar-refractivity contribution is 7.13. The first-order chi connectivity index (χ1) is 13.4.